The molecule has 2 N–H and O–H groups in total. The van der Waals surface area contributed by atoms with Crippen LogP contribution in [0.4, 0.5) is 0 Å². The third-order valence-corrected chi connectivity index (χ3v) is 4.66. The second-order valence-electron chi connectivity index (χ2n) is 6.27. The van der Waals surface area contributed by atoms with Crippen molar-refractivity contribution in [3.8, 4) is 0 Å². The summed E-state index contributed by atoms with van der Waals surface area (Å²) in [5.74, 6) is 2.85. The monoisotopic (exact) mass is 209 g/mol. The molecule has 3 unspecified atom stereocenters. The Morgan fingerprint density at radius 2 is 2.00 bits per heavy atom. The van der Waals surface area contributed by atoms with E-state index >= 15 is 0 Å². The lowest BCUT2D eigenvalue weighted by molar-refractivity contribution is 0.175. The van der Waals surface area contributed by atoms with Crippen molar-refractivity contribution in [2.24, 2.45) is 23.5 Å². The van der Waals surface area contributed by atoms with Gasteiger partial charge < -0.3 is 5.73 Å². The van der Waals surface area contributed by atoms with E-state index in [-0.39, 0.29) is 5.54 Å². The fourth-order valence-corrected chi connectivity index (χ4v) is 3.44. The second kappa shape index (κ2) is 4.45. The van der Waals surface area contributed by atoms with Gasteiger partial charge >= 0.3 is 0 Å². The van der Waals surface area contributed by atoms with Crippen molar-refractivity contribution in [1.82, 2.24) is 0 Å². The molecule has 0 saturated heterocycles. The van der Waals surface area contributed by atoms with Gasteiger partial charge in [0.05, 0.1) is 0 Å². The second-order valence-corrected chi connectivity index (χ2v) is 6.27. The van der Waals surface area contributed by atoms with Gasteiger partial charge in [-0.15, -0.1) is 0 Å². The quantitative estimate of drug-likeness (QED) is 0.750. The molecule has 1 heteroatoms. The summed E-state index contributed by atoms with van der Waals surface area (Å²) in [4.78, 5) is 0. The lowest BCUT2D eigenvalue weighted by atomic mass is 9.70. The van der Waals surface area contributed by atoms with E-state index in [2.05, 4.69) is 13.8 Å². The highest BCUT2D eigenvalue weighted by Crippen LogP contribution is 2.47. The van der Waals surface area contributed by atoms with E-state index in [0.717, 1.165) is 17.8 Å². The van der Waals surface area contributed by atoms with Crippen molar-refractivity contribution in [3.05, 3.63) is 0 Å². The first-order chi connectivity index (χ1) is 7.13. The number of rotatable bonds is 4. The Hall–Kier alpha value is -0.0400. The van der Waals surface area contributed by atoms with Gasteiger partial charge in [0, 0.05) is 5.54 Å². The van der Waals surface area contributed by atoms with Crippen LogP contribution in [0.5, 0.6) is 0 Å². The van der Waals surface area contributed by atoms with Crippen LogP contribution in [-0.4, -0.2) is 5.54 Å². The van der Waals surface area contributed by atoms with Gasteiger partial charge in [-0.3, -0.25) is 0 Å². The van der Waals surface area contributed by atoms with Crippen LogP contribution >= 0.6 is 0 Å². The maximum atomic E-state index is 6.59. The summed E-state index contributed by atoms with van der Waals surface area (Å²) in [5, 5.41) is 0. The Bertz CT molecular complexity index is 209. The highest BCUT2D eigenvalue weighted by atomic mass is 14.8. The van der Waals surface area contributed by atoms with Gasteiger partial charge in [-0.05, 0) is 49.9 Å². The SMILES string of the molecule is CCC(C)CC1(N)CCCC(C2CC2)C1. The summed E-state index contributed by atoms with van der Waals surface area (Å²) < 4.78 is 0. The predicted molar refractivity (Wildman–Crippen MR) is 65.7 cm³/mol. The van der Waals surface area contributed by atoms with Gasteiger partial charge in [-0.2, -0.15) is 0 Å². The molecule has 15 heavy (non-hydrogen) atoms. The third-order valence-electron chi connectivity index (χ3n) is 4.66. The molecule has 2 aliphatic carbocycles. The average molecular weight is 209 g/mol. The maximum absolute atomic E-state index is 6.59. The topological polar surface area (TPSA) is 26.0 Å². The summed E-state index contributed by atoms with van der Waals surface area (Å²) in [5.41, 5.74) is 6.79. The molecule has 0 aromatic carbocycles. The van der Waals surface area contributed by atoms with Gasteiger partial charge in [-0.25, -0.2) is 0 Å². The maximum Gasteiger partial charge on any atom is 0.0159 e. The number of hydrogen-bond donors (Lipinski definition) is 1. The minimum Gasteiger partial charge on any atom is -0.325 e. The fraction of sp³-hybridized carbons (Fsp3) is 1.00. The van der Waals surface area contributed by atoms with Crippen LogP contribution in [0.25, 0.3) is 0 Å². The predicted octanol–water partition coefficient (Wildman–Crippen LogP) is 3.72. The zero-order valence-electron chi connectivity index (χ0n) is 10.5. The van der Waals surface area contributed by atoms with Gasteiger partial charge in [0.1, 0.15) is 0 Å². The van der Waals surface area contributed by atoms with Crippen LogP contribution < -0.4 is 5.73 Å². The highest BCUT2D eigenvalue weighted by Gasteiger charge is 2.40. The molecular weight excluding hydrogens is 182 g/mol. The summed E-state index contributed by atoms with van der Waals surface area (Å²) >= 11 is 0. The molecule has 0 aromatic heterocycles. The Kier molecular flexibility index (Phi) is 3.39. The number of hydrogen-bond acceptors (Lipinski definition) is 1. The standard InChI is InChI=1S/C14H27N/c1-3-11(2)9-14(15)8-4-5-13(10-14)12-6-7-12/h11-13H,3-10,15H2,1-2H3. The van der Waals surface area contributed by atoms with Crippen molar-refractivity contribution < 1.29 is 0 Å². The summed E-state index contributed by atoms with van der Waals surface area (Å²) in [6.45, 7) is 4.64. The highest BCUT2D eigenvalue weighted by molar-refractivity contribution is 4.95. The minimum absolute atomic E-state index is 0.195. The lowest BCUT2D eigenvalue weighted by Crippen LogP contribution is -2.45. The Balaban J connectivity index is 1.88. The van der Waals surface area contributed by atoms with E-state index in [0.29, 0.717) is 0 Å². The van der Waals surface area contributed by atoms with Gasteiger partial charge in [0.2, 0.25) is 0 Å². The van der Waals surface area contributed by atoms with Crippen LogP contribution in [0.15, 0.2) is 0 Å². The summed E-state index contributed by atoms with van der Waals surface area (Å²) in [6.07, 6.45) is 11.0. The molecular formula is C14H27N. The van der Waals surface area contributed by atoms with Crippen LogP contribution in [0.1, 0.15) is 65.2 Å². The molecule has 0 spiro atoms. The molecule has 0 heterocycles. The van der Waals surface area contributed by atoms with E-state index in [1.54, 1.807) is 0 Å². The van der Waals surface area contributed by atoms with E-state index in [9.17, 15) is 0 Å². The summed E-state index contributed by atoms with van der Waals surface area (Å²) in [6, 6.07) is 0. The Morgan fingerprint density at radius 1 is 1.27 bits per heavy atom. The first kappa shape index (κ1) is 11.4. The first-order valence-corrected chi connectivity index (χ1v) is 6.92. The van der Waals surface area contributed by atoms with E-state index in [4.69, 9.17) is 5.73 Å². The normalized spacial score (nSPS) is 39.0. The zero-order chi connectivity index (χ0) is 10.9. The Labute approximate surface area is 94.8 Å². The first-order valence-electron chi connectivity index (χ1n) is 6.92. The largest absolute Gasteiger partial charge is 0.325 e. The van der Waals surface area contributed by atoms with Gasteiger partial charge in [-0.1, -0.05) is 33.1 Å². The van der Waals surface area contributed by atoms with Crippen molar-refractivity contribution in [1.29, 1.82) is 0 Å². The van der Waals surface area contributed by atoms with Crippen LogP contribution in [0, 0.1) is 17.8 Å². The molecule has 2 rings (SSSR count). The van der Waals surface area contributed by atoms with Crippen molar-refractivity contribution in [2.45, 2.75) is 70.8 Å². The molecule has 0 radical (unpaired) electrons. The molecule has 0 aromatic rings. The molecule has 0 bridgehead atoms. The lowest BCUT2D eigenvalue weighted by Gasteiger charge is -2.40. The molecule has 0 aliphatic heterocycles. The molecule has 1 nitrogen and oxygen atoms in total. The number of nitrogens with two attached hydrogens (primary N) is 1. The molecule has 2 saturated carbocycles. The minimum atomic E-state index is 0.195. The van der Waals surface area contributed by atoms with Crippen molar-refractivity contribution in [2.75, 3.05) is 0 Å². The van der Waals surface area contributed by atoms with Crippen molar-refractivity contribution in [3.63, 3.8) is 0 Å². The molecule has 2 fully saturated rings. The summed E-state index contributed by atoms with van der Waals surface area (Å²) in [7, 11) is 0. The average Bonchev–Trinajstić information content (AvgIpc) is 3.00. The fourth-order valence-electron chi connectivity index (χ4n) is 3.44. The van der Waals surface area contributed by atoms with Gasteiger partial charge in [0.15, 0.2) is 0 Å². The van der Waals surface area contributed by atoms with Gasteiger partial charge in [0.25, 0.3) is 0 Å². The Morgan fingerprint density at radius 3 is 2.60 bits per heavy atom. The molecule has 2 aliphatic rings. The van der Waals surface area contributed by atoms with E-state index < -0.39 is 0 Å². The smallest absolute Gasteiger partial charge is 0.0159 e. The molecule has 0 amide bonds. The zero-order valence-corrected chi connectivity index (χ0v) is 10.5. The van der Waals surface area contributed by atoms with Crippen LogP contribution in [0.3, 0.4) is 0 Å². The third kappa shape index (κ3) is 2.96. The van der Waals surface area contributed by atoms with E-state index in [1.807, 2.05) is 0 Å². The molecule has 3 atom stereocenters. The molecule has 88 valence electrons. The van der Waals surface area contributed by atoms with Crippen LogP contribution in [-0.2, 0) is 0 Å². The van der Waals surface area contributed by atoms with Crippen molar-refractivity contribution >= 4 is 0 Å². The van der Waals surface area contributed by atoms with E-state index in [1.165, 1.54) is 51.4 Å². The van der Waals surface area contributed by atoms with Crippen LogP contribution in [0.2, 0.25) is 0 Å².